The van der Waals surface area contributed by atoms with Gasteiger partial charge in [0.1, 0.15) is 25.3 Å². The molecule has 0 bridgehead atoms. The Balaban J connectivity index is 0.855. The Bertz CT molecular complexity index is 3790. The number of nitrogens with zero attached hydrogens (tertiary/aromatic N) is 3. The van der Waals surface area contributed by atoms with Crippen molar-refractivity contribution >= 4 is 95.9 Å². The summed E-state index contributed by atoms with van der Waals surface area (Å²) in [7, 11) is -6.99. The lowest BCUT2D eigenvalue weighted by atomic mass is 10.1. The van der Waals surface area contributed by atoms with E-state index in [1.54, 1.807) is 66.7 Å². The van der Waals surface area contributed by atoms with E-state index in [0.717, 1.165) is 17.1 Å². The van der Waals surface area contributed by atoms with E-state index in [0.29, 0.717) is 46.5 Å². The summed E-state index contributed by atoms with van der Waals surface area (Å²) < 4.78 is 97.2. The fraction of sp³-hybridized carbons (Fsp3) is 0.333. The second kappa shape index (κ2) is 25.6. The molecule has 27 nitrogen and oxygen atoms in total. The first-order valence-electron chi connectivity index (χ1n) is 28.2. The highest BCUT2D eigenvalue weighted by atomic mass is 32.2. The second-order valence-electron chi connectivity index (χ2n) is 21.8. The zero-order valence-corrected chi connectivity index (χ0v) is 50.1. The van der Waals surface area contributed by atoms with Crippen molar-refractivity contribution in [3.63, 3.8) is 0 Å². The number of hydrogen-bond acceptors (Lipinski definition) is 18. The van der Waals surface area contributed by atoms with Gasteiger partial charge in [0.05, 0.1) is 48.8 Å². The van der Waals surface area contributed by atoms with E-state index in [1.807, 2.05) is 0 Å². The van der Waals surface area contributed by atoms with E-state index in [9.17, 15) is 64.3 Å². The number of hydrogen-bond donors (Lipinski definition) is 8. The van der Waals surface area contributed by atoms with Crippen molar-refractivity contribution < 1.29 is 83.2 Å². The number of unbranched alkanes of at least 4 members (excludes halogenated alkanes) is 1. The molecule has 0 saturated carbocycles. The van der Waals surface area contributed by atoms with Crippen molar-refractivity contribution in [2.24, 2.45) is 0 Å². The van der Waals surface area contributed by atoms with Crippen molar-refractivity contribution in [3.05, 3.63) is 137 Å². The number of rotatable bonds is 23. The lowest BCUT2D eigenvalue weighted by molar-refractivity contribution is -0.137. The summed E-state index contributed by atoms with van der Waals surface area (Å²) >= 11 is 0. The number of ether oxygens (including phenoxy) is 4. The molecular weight excluding hydrogens is 1200 g/mol. The molecule has 5 aliphatic heterocycles. The zero-order chi connectivity index (χ0) is 63.6. The number of imide groups is 1. The highest BCUT2D eigenvalue weighted by Crippen LogP contribution is 2.45. The van der Waals surface area contributed by atoms with Crippen molar-refractivity contribution in [3.8, 4) is 23.0 Å². The van der Waals surface area contributed by atoms with E-state index in [-0.39, 0.29) is 109 Å². The van der Waals surface area contributed by atoms with Crippen LogP contribution < -0.4 is 60.6 Å². The molecule has 5 aliphatic rings. The van der Waals surface area contributed by atoms with E-state index < -0.39 is 96.5 Å². The molecule has 8 amide bonds. The Kier molecular flexibility index (Phi) is 18.0. The fourth-order valence-electron chi connectivity index (χ4n) is 11.4. The Morgan fingerprint density at radius 3 is 1.54 bits per heavy atom. The molecule has 0 fully saturated rings. The first kappa shape index (κ1) is 62.5. The van der Waals surface area contributed by atoms with E-state index >= 15 is 0 Å². The van der Waals surface area contributed by atoms with Gasteiger partial charge in [0.15, 0.2) is 33.7 Å². The van der Waals surface area contributed by atoms with Gasteiger partial charge in [0.2, 0.25) is 23.6 Å². The number of nitrogens with one attached hydrogen (secondary N) is 6. The number of carbonyl (C=O) groups is 8. The maximum atomic E-state index is 14.4. The molecule has 0 aromatic heterocycles. The van der Waals surface area contributed by atoms with Crippen LogP contribution in [0.25, 0.3) is 0 Å². The van der Waals surface area contributed by atoms with Gasteiger partial charge in [0.25, 0.3) is 43.9 Å². The molecule has 8 N–H and O–H groups in total. The van der Waals surface area contributed by atoms with Gasteiger partial charge in [-0.25, -0.2) is 0 Å². The highest BCUT2D eigenvalue weighted by Gasteiger charge is 2.49. The third kappa shape index (κ3) is 13.5. The quantitative estimate of drug-likeness (QED) is 0.0262. The summed E-state index contributed by atoms with van der Waals surface area (Å²) in [6, 6.07) is 19.8. The van der Waals surface area contributed by atoms with Gasteiger partial charge < -0.3 is 60.6 Å². The SMILES string of the molecule is COc1cc2c(cc1OCc1cc(COc3cc4c(cc3OC)C(=O)N3c5ccccc5C[C@H]3C(S(=O)(=O)O)N4)cc(NC(=O)[C@H](C)NC(=O)[C@H](C)NC(=O)CCCCC(=O)NCCN3C(=O)C=CC3=O)c1)NC(S(=O)(=O)O)[C@@H]1Cc3ccccc3N1C2=O. The van der Waals surface area contributed by atoms with Crippen molar-refractivity contribution in [1.29, 1.82) is 0 Å². The van der Waals surface area contributed by atoms with Crippen molar-refractivity contribution in [2.45, 2.75) is 101 Å². The van der Waals surface area contributed by atoms with E-state index in [1.165, 1.54) is 62.1 Å². The van der Waals surface area contributed by atoms with Crippen LogP contribution in [0.2, 0.25) is 0 Å². The van der Waals surface area contributed by atoms with E-state index in [4.69, 9.17) is 18.9 Å². The molecule has 6 atom stereocenters. The Labute approximate surface area is 510 Å². The number of para-hydroxylation sites is 2. The summed E-state index contributed by atoms with van der Waals surface area (Å²) in [6.07, 6.45) is 3.23. The summed E-state index contributed by atoms with van der Waals surface area (Å²) in [4.78, 5) is 108. The summed E-state index contributed by atoms with van der Waals surface area (Å²) in [6.45, 7) is 2.37. The van der Waals surface area contributed by atoms with Gasteiger partial charge in [-0.15, -0.1) is 0 Å². The molecule has 0 aliphatic carbocycles. The largest absolute Gasteiger partial charge is 0.493 e. The Morgan fingerprint density at radius 2 is 1.07 bits per heavy atom. The molecule has 10 rings (SSSR count). The standard InChI is InChI=1S/C60H63N9O18S2/c1-32(62-52(71)16-10-9-15-51(70)61-19-20-67-53(72)17-18-54(67)73)55(74)63-33(2)56(75)64-38-22-34(30-86-49-28-41-39(26-47(49)84-3)59(76)68-43-13-7-5-11-36(43)24-45(68)57(65-41)88(78,79)80)21-35(23-38)31-87-50-29-42-40(27-48(50)85-4)60(77)69-44-14-8-6-12-37(44)25-46(69)58(66-42)89(81,82)83/h5-8,11-14,17-18,21-23,26-29,32-33,45-46,57-58,65-66H,9-10,15-16,19-20,24-25,30-31H2,1-4H3,(H,61,70)(H,62,71)(H,63,74)(H,64,75)(H,78,79,80)(H,81,82,83)/t32-,33-,45-,46-,57?,58?/m0/s1. The third-order valence-electron chi connectivity index (χ3n) is 15.7. The predicted octanol–water partition coefficient (Wildman–Crippen LogP) is 3.83. The molecule has 0 saturated heterocycles. The average Bonchev–Trinajstić information content (AvgIpc) is 1.77. The number of carbonyl (C=O) groups excluding carboxylic acids is 8. The molecule has 29 heteroatoms. The molecular formula is C60H63N9O18S2. The third-order valence-corrected chi connectivity index (χ3v) is 17.9. The molecule has 5 heterocycles. The smallest absolute Gasteiger partial charge is 0.288 e. The highest BCUT2D eigenvalue weighted by molar-refractivity contribution is 7.86. The minimum absolute atomic E-state index is 0.0150. The molecule has 0 spiro atoms. The number of anilines is 5. The second-order valence-corrected chi connectivity index (χ2v) is 24.8. The van der Waals surface area contributed by atoms with Gasteiger partial charge >= 0.3 is 0 Å². The van der Waals surface area contributed by atoms with Gasteiger partial charge in [-0.2, -0.15) is 16.8 Å². The first-order valence-corrected chi connectivity index (χ1v) is 31.2. The van der Waals surface area contributed by atoms with E-state index in [2.05, 4.69) is 31.9 Å². The van der Waals surface area contributed by atoms with Gasteiger partial charge in [-0.1, -0.05) is 36.4 Å². The number of amides is 8. The molecule has 5 aromatic carbocycles. The van der Waals surface area contributed by atoms with Gasteiger partial charge in [0, 0.05) is 67.3 Å². The van der Waals surface area contributed by atoms with Crippen LogP contribution in [0.4, 0.5) is 28.4 Å². The number of fused-ring (bicyclic) bond motifs is 8. The van der Waals surface area contributed by atoms with Crippen molar-refractivity contribution in [1.82, 2.24) is 20.9 Å². The fourth-order valence-corrected chi connectivity index (χ4v) is 13.2. The average molecular weight is 1260 g/mol. The Morgan fingerprint density at radius 1 is 0.607 bits per heavy atom. The number of methoxy groups -OCH3 is 2. The molecule has 5 aromatic rings. The monoisotopic (exact) mass is 1260 g/mol. The van der Waals surface area contributed by atoms with Crippen LogP contribution in [0, 0.1) is 0 Å². The van der Waals surface area contributed by atoms with Crippen LogP contribution in [0.1, 0.15) is 82.5 Å². The number of benzene rings is 5. The minimum atomic E-state index is -4.84. The molecule has 89 heavy (non-hydrogen) atoms. The van der Waals surface area contributed by atoms with Crippen LogP contribution in [0.3, 0.4) is 0 Å². The molecule has 2 unspecified atom stereocenters. The topological polar surface area (TPSA) is 364 Å². The van der Waals surface area contributed by atoms with Crippen LogP contribution in [-0.4, -0.2) is 140 Å². The molecule has 0 radical (unpaired) electrons. The summed E-state index contributed by atoms with van der Waals surface area (Å²) in [5.41, 5.74) is 3.38. The maximum absolute atomic E-state index is 14.4. The van der Waals surface area contributed by atoms with Crippen LogP contribution in [-0.2, 0) is 75.1 Å². The van der Waals surface area contributed by atoms with Gasteiger partial charge in [-0.05, 0) is 104 Å². The lowest BCUT2D eigenvalue weighted by Crippen LogP contribution is -2.50. The first-order chi connectivity index (χ1) is 42.4. The zero-order valence-electron chi connectivity index (χ0n) is 48.4. The predicted molar refractivity (Wildman–Crippen MR) is 322 cm³/mol. The normalized spacial score (nSPS) is 18.7. The van der Waals surface area contributed by atoms with Crippen LogP contribution in [0.5, 0.6) is 23.0 Å². The summed E-state index contributed by atoms with van der Waals surface area (Å²) in [5, 5.41) is 13.0. The minimum Gasteiger partial charge on any atom is -0.493 e. The van der Waals surface area contributed by atoms with Crippen LogP contribution >= 0.6 is 0 Å². The lowest BCUT2D eigenvalue weighted by Gasteiger charge is -2.27. The van der Waals surface area contributed by atoms with Crippen LogP contribution in [0.15, 0.2) is 103 Å². The molecule has 468 valence electrons. The van der Waals surface area contributed by atoms with Gasteiger partial charge in [-0.3, -0.25) is 52.4 Å². The Hall–Kier alpha value is -9.58. The van der Waals surface area contributed by atoms with Crippen molar-refractivity contribution in [2.75, 3.05) is 53.1 Å². The summed E-state index contributed by atoms with van der Waals surface area (Å²) in [5.74, 6) is -4.06. The maximum Gasteiger partial charge on any atom is 0.288 e.